The van der Waals surface area contributed by atoms with Crippen LogP contribution in [-0.2, 0) is 4.79 Å². The first-order chi connectivity index (χ1) is 4.90. The average Bonchev–Trinajstić information content (AvgIpc) is 1.83. The van der Waals surface area contributed by atoms with Gasteiger partial charge in [-0.2, -0.15) is 0 Å². The predicted octanol–water partition coefficient (Wildman–Crippen LogP) is 1.22. The van der Waals surface area contributed by atoms with Crippen molar-refractivity contribution in [3.8, 4) is 0 Å². The van der Waals surface area contributed by atoms with E-state index in [1.807, 2.05) is 13.8 Å². The molecule has 0 aromatic rings. The second-order valence-corrected chi connectivity index (χ2v) is 3.39. The van der Waals surface area contributed by atoms with Crippen molar-refractivity contribution in [2.24, 2.45) is 11.7 Å². The predicted molar refractivity (Wildman–Crippen MR) is 44.3 cm³/mol. The summed E-state index contributed by atoms with van der Waals surface area (Å²) in [6.45, 7) is 5.77. The first-order valence-electron chi connectivity index (χ1n) is 3.90. The molecule has 0 rings (SSSR count). The molecule has 0 saturated heterocycles. The van der Waals surface area contributed by atoms with Crippen LogP contribution < -0.4 is 5.73 Å². The van der Waals surface area contributed by atoms with Gasteiger partial charge in [0.2, 0.25) is 0 Å². The summed E-state index contributed by atoms with van der Waals surface area (Å²) in [6.07, 6.45) is 0.961. The van der Waals surface area contributed by atoms with E-state index in [0.717, 1.165) is 6.42 Å². The van der Waals surface area contributed by atoms with Crippen LogP contribution in [0.2, 0.25) is 0 Å². The number of hydrogen-bond acceptors (Lipinski definition) is 2. The van der Waals surface area contributed by atoms with Gasteiger partial charge in [0.25, 0.3) is 0 Å². The van der Waals surface area contributed by atoms with Gasteiger partial charge >= 0.3 is 5.97 Å². The molecular formula is C8H17NO2. The molecular weight excluding hydrogens is 142 g/mol. The van der Waals surface area contributed by atoms with Gasteiger partial charge in [-0.3, -0.25) is 4.79 Å². The molecule has 3 heteroatoms. The molecule has 0 heterocycles. The highest BCUT2D eigenvalue weighted by Gasteiger charge is 2.27. The normalized spacial score (nSPS) is 18.9. The lowest BCUT2D eigenvalue weighted by atomic mass is 9.83. The monoisotopic (exact) mass is 159 g/mol. The molecule has 11 heavy (non-hydrogen) atoms. The molecule has 2 atom stereocenters. The second kappa shape index (κ2) is 3.72. The van der Waals surface area contributed by atoms with Gasteiger partial charge in [-0.1, -0.05) is 20.3 Å². The lowest BCUT2D eigenvalue weighted by molar-refractivity contribution is -0.138. The van der Waals surface area contributed by atoms with Crippen LogP contribution >= 0.6 is 0 Å². The highest BCUT2D eigenvalue weighted by molar-refractivity contribution is 5.68. The fraction of sp³-hybridized carbons (Fsp3) is 0.875. The van der Waals surface area contributed by atoms with Crippen molar-refractivity contribution in [1.82, 2.24) is 0 Å². The molecule has 0 fully saturated rings. The quantitative estimate of drug-likeness (QED) is 0.648. The minimum atomic E-state index is -0.824. The number of aliphatic carboxylic acids is 1. The summed E-state index contributed by atoms with van der Waals surface area (Å²) in [6, 6.07) is 0. The molecule has 3 N–H and O–H groups in total. The Hall–Kier alpha value is -0.570. The van der Waals surface area contributed by atoms with E-state index in [1.54, 1.807) is 6.92 Å². The smallest absolute Gasteiger partial charge is 0.305 e. The maximum absolute atomic E-state index is 10.4. The molecule has 2 unspecified atom stereocenters. The summed E-state index contributed by atoms with van der Waals surface area (Å²) in [5.74, 6) is -0.575. The van der Waals surface area contributed by atoms with Gasteiger partial charge < -0.3 is 10.8 Å². The van der Waals surface area contributed by atoms with Crippen molar-refractivity contribution in [3.05, 3.63) is 0 Å². The Morgan fingerprint density at radius 1 is 1.73 bits per heavy atom. The molecule has 0 aliphatic rings. The Bertz CT molecular complexity index is 143. The number of carboxylic acid groups (broad SMARTS) is 1. The lowest BCUT2D eigenvalue weighted by Gasteiger charge is -2.29. The van der Waals surface area contributed by atoms with Gasteiger partial charge in [-0.25, -0.2) is 0 Å². The minimum Gasteiger partial charge on any atom is -0.481 e. The van der Waals surface area contributed by atoms with Crippen LogP contribution in [-0.4, -0.2) is 16.6 Å². The van der Waals surface area contributed by atoms with Gasteiger partial charge in [0.1, 0.15) is 0 Å². The summed E-state index contributed by atoms with van der Waals surface area (Å²) >= 11 is 0. The van der Waals surface area contributed by atoms with E-state index in [2.05, 4.69) is 0 Å². The molecule has 0 aliphatic heterocycles. The average molecular weight is 159 g/mol. The largest absolute Gasteiger partial charge is 0.481 e. The number of carboxylic acids is 1. The zero-order chi connectivity index (χ0) is 9.07. The van der Waals surface area contributed by atoms with Gasteiger partial charge in [-0.05, 0) is 12.8 Å². The van der Waals surface area contributed by atoms with Gasteiger partial charge in [-0.15, -0.1) is 0 Å². The van der Waals surface area contributed by atoms with E-state index >= 15 is 0 Å². The third-order valence-electron chi connectivity index (χ3n) is 2.27. The number of nitrogens with two attached hydrogens (primary N) is 1. The van der Waals surface area contributed by atoms with Crippen LogP contribution in [0.25, 0.3) is 0 Å². The Kier molecular flexibility index (Phi) is 3.52. The number of rotatable bonds is 4. The Morgan fingerprint density at radius 2 is 2.18 bits per heavy atom. The van der Waals surface area contributed by atoms with Gasteiger partial charge in [0.15, 0.2) is 0 Å². The summed E-state index contributed by atoms with van der Waals surface area (Å²) in [5, 5.41) is 8.51. The maximum atomic E-state index is 10.4. The summed E-state index contributed by atoms with van der Waals surface area (Å²) in [5.41, 5.74) is 5.22. The Balaban J connectivity index is 4.08. The molecule has 0 aromatic carbocycles. The highest BCUT2D eigenvalue weighted by atomic mass is 16.4. The fourth-order valence-corrected chi connectivity index (χ4v) is 0.966. The van der Waals surface area contributed by atoms with E-state index in [1.165, 1.54) is 0 Å². The molecule has 0 aromatic heterocycles. The van der Waals surface area contributed by atoms with E-state index < -0.39 is 11.5 Å². The molecule has 0 saturated carbocycles. The third kappa shape index (κ3) is 3.37. The first-order valence-corrected chi connectivity index (χ1v) is 3.90. The summed E-state index contributed by atoms with van der Waals surface area (Å²) in [7, 11) is 0. The van der Waals surface area contributed by atoms with Crippen molar-refractivity contribution in [2.75, 3.05) is 0 Å². The standard InChI is InChI=1S/C8H17NO2/c1-4-6(2)8(3,9)5-7(10)11/h6H,4-5,9H2,1-3H3,(H,10,11). The van der Waals surface area contributed by atoms with Crippen molar-refractivity contribution in [2.45, 2.75) is 39.2 Å². The van der Waals surface area contributed by atoms with Crippen LogP contribution in [0, 0.1) is 5.92 Å². The van der Waals surface area contributed by atoms with Crippen molar-refractivity contribution in [3.63, 3.8) is 0 Å². The van der Waals surface area contributed by atoms with Crippen LogP contribution in [0.4, 0.5) is 0 Å². The molecule has 0 aliphatic carbocycles. The zero-order valence-electron chi connectivity index (χ0n) is 7.42. The van der Waals surface area contributed by atoms with Crippen LogP contribution in [0.1, 0.15) is 33.6 Å². The summed E-state index contributed by atoms with van der Waals surface area (Å²) in [4.78, 5) is 10.4. The van der Waals surface area contributed by atoms with Crippen LogP contribution in [0.15, 0.2) is 0 Å². The first kappa shape index (κ1) is 10.4. The SMILES string of the molecule is CCC(C)C(C)(N)CC(=O)O. The van der Waals surface area contributed by atoms with E-state index in [4.69, 9.17) is 10.8 Å². The Labute approximate surface area is 67.6 Å². The van der Waals surface area contributed by atoms with Crippen LogP contribution in [0.5, 0.6) is 0 Å². The third-order valence-corrected chi connectivity index (χ3v) is 2.27. The molecule has 0 radical (unpaired) electrons. The molecule has 0 amide bonds. The fourth-order valence-electron chi connectivity index (χ4n) is 0.966. The lowest BCUT2D eigenvalue weighted by Crippen LogP contribution is -2.44. The minimum absolute atomic E-state index is 0.0437. The highest BCUT2D eigenvalue weighted by Crippen LogP contribution is 2.20. The molecule has 66 valence electrons. The van der Waals surface area contributed by atoms with E-state index in [0.29, 0.717) is 0 Å². The Morgan fingerprint density at radius 3 is 2.45 bits per heavy atom. The number of carbonyl (C=O) groups is 1. The van der Waals surface area contributed by atoms with Gasteiger partial charge in [0.05, 0.1) is 6.42 Å². The van der Waals surface area contributed by atoms with Crippen molar-refractivity contribution >= 4 is 5.97 Å². The van der Waals surface area contributed by atoms with Crippen LogP contribution in [0.3, 0.4) is 0 Å². The topological polar surface area (TPSA) is 63.3 Å². The molecule has 0 bridgehead atoms. The van der Waals surface area contributed by atoms with E-state index in [9.17, 15) is 4.79 Å². The molecule has 0 spiro atoms. The molecule has 3 nitrogen and oxygen atoms in total. The van der Waals surface area contributed by atoms with Crippen molar-refractivity contribution in [1.29, 1.82) is 0 Å². The second-order valence-electron chi connectivity index (χ2n) is 3.39. The maximum Gasteiger partial charge on any atom is 0.305 e. The number of hydrogen-bond donors (Lipinski definition) is 2. The summed E-state index contributed by atoms with van der Waals surface area (Å²) < 4.78 is 0. The van der Waals surface area contributed by atoms with Crippen molar-refractivity contribution < 1.29 is 9.90 Å². The van der Waals surface area contributed by atoms with Gasteiger partial charge in [0, 0.05) is 5.54 Å². The van der Waals surface area contributed by atoms with E-state index in [-0.39, 0.29) is 12.3 Å². The zero-order valence-corrected chi connectivity index (χ0v) is 7.42.